The molecule has 0 aliphatic rings. The Morgan fingerprint density at radius 3 is 3.29 bits per heavy atom. The Balaban J connectivity index is 2.27. The highest BCUT2D eigenvalue weighted by Crippen LogP contribution is 2.07. The second-order valence-electron chi connectivity index (χ2n) is 2.95. The fourth-order valence-electron chi connectivity index (χ4n) is 1.05. The minimum Gasteiger partial charge on any atom is -0.392 e. The van der Waals surface area contributed by atoms with Crippen LogP contribution in [0.1, 0.15) is 6.92 Å². The molecule has 1 atom stereocenters. The third-order valence-electron chi connectivity index (χ3n) is 1.68. The molecule has 0 amide bonds. The maximum atomic E-state index is 9.09. The summed E-state index contributed by atoms with van der Waals surface area (Å²) in [4.78, 5) is 4.07. The van der Waals surface area contributed by atoms with E-state index >= 15 is 0 Å². The van der Waals surface area contributed by atoms with Gasteiger partial charge in [0, 0.05) is 12.7 Å². The quantitative estimate of drug-likeness (QED) is 0.672. The highest BCUT2D eigenvalue weighted by molar-refractivity contribution is 5.60. The van der Waals surface area contributed by atoms with Crippen LogP contribution in [0.25, 0.3) is 5.65 Å². The number of hydrogen-bond acceptors (Lipinski definition) is 6. The first-order chi connectivity index (χ1) is 6.77. The third-order valence-corrected chi connectivity index (χ3v) is 1.68. The standard InChI is InChI=1S/C7H10N6O/c1-5(14)4-9-6-7-10-11-12-13(7)3-2-8-6/h2-3,5,14H,4H2,1H3,(H,8,9). The SMILES string of the molecule is CC(O)CNc1nccn2nnnc12. The molecule has 2 rings (SSSR count). The summed E-state index contributed by atoms with van der Waals surface area (Å²) in [6.45, 7) is 2.11. The number of aliphatic hydroxyl groups excluding tert-OH is 1. The van der Waals surface area contributed by atoms with Gasteiger partial charge in [-0.25, -0.2) is 4.98 Å². The molecule has 0 spiro atoms. The van der Waals surface area contributed by atoms with Crippen LogP contribution in [0.3, 0.4) is 0 Å². The van der Waals surface area contributed by atoms with Crippen LogP contribution < -0.4 is 5.32 Å². The minimum absolute atomic E-state index is 0.416. The predicted molar refractivity (Wildman–Crippen MR) is 48.7 cm³/mol. The second-order valence-corrected chi connectivity index (χ2v) is 2.95. The van der Waals surface area contributed by atoms with E-state index in [9.17, 15) is 0 Å². The number of aromatic nitrogens is 5. The molecule has 14 heavy (non-hydrogen) atoms. The van der Waals surface area contributed by atoms with Gasteiger partial charge in [0.15, 0.2) is 5.82 Å². The summed E-state index contributed by atoms with van der Waals surface area (Å²) in [5, 5.41) is 23.1. The number of hydrogen-bond donors (Lipinski definition) is 2. The van der Waals surface area contributed by atoms with Gasteiger partial charge in [0.25, 0.3) is 0 Å². The van der Waals surface area contributed by atoms with E-state index < -0.39 is 6.10 Å². The summed E-state index contributed by atoms with van der Waals surface area (Å²) in [7, 11) is 0. The molecular formula is C7H10N6O. The number of anilines is 1. The van der Waals surface area contributed by atoms with E-state index in [1.165, 1.54) is 4.52 Å². The number of nitrogens with zero attached hydrogens (tertiary/aromatic N) is 5. The normalized spacial score (nSPS) is 13.0. The molecule has 2 heterocycles. The van der Waals surface area contributed by atoms with Crippen molar-refractivity contribution in [2.24, 2.45) is 0 Å². The van der Waals surface area contributed by atoms with Gasteiger partial charge < -0.3 is 10.4 Å². The van der Waals surface area contributed by atoms with Gasteiger partial charge in [-0.05, 0) is 17.4 Å². The van der Waals surface area contributed by atoms with E-state index in [2.05, 4.69) is 25.8 Å². The second kappa shape index (κ2) is 3.54. The molecule has 0 radical (unpaired) electrons. The molecule has 0 aromatic carbocycles. The molecule has 0 bridgehead atoms. The monoisotopic (exact) mass is 194 g/mol. The number of aliphatic hydroxyl groups is 1. The van der Waals surface area contributed by atoms with Crippen molar-refractivity contribution >= 4 is 11.5 Å². The van der Waals surface area contributed by atoms with Gasteiger partial charge in [-0.3, -0.25) is 0 Å². The van der Waals surface area contributed by atoms with Crippen molar-refractivity contribution in [3.8, 4) is 0 Å². The topological polar surface area (TPSA) is 88.2 Å². The van der Waals surface area contributed by atoms with Crippen molar-refractivity contribution < 1.29 is 5.11 Å². The molecule has 1 unspecified atom stereocenters. The zero-order valence-electron chi connectivity index (χ0n) is 7.62. The number of tetrazole rings is 1. The number of rotatable bonds is 3. The molecule has 0 aliphatic heterocycles. The molecule has 0 saturated carbocycles. The molecule has 7 heteroatoms. The summed E-state index contributed by atoms with van der Waals surface area (Å²) >= 11 is 0. The Morgan fingerprint density at radius 1 is 1.64 bits per heavy atom. The summed E-state index contributed by atoms with van der Waals surface area (Å²) in [5.41, 5.74) is 0.549. The lowest BCUT2D eigenvalue weighted by Crippen LogP contribution is -2.16. The lowest BCUT2D eigenvalue weighted by molar-refractivity contribution is 0.208. The fraction of sp³-hybridized carbons (Fsp3) is 0.429. The first-order valence-corrected chi connectivity index (χ1v) is 4.22. The smallest absolute Gasteiger partial charge is 0.221 e. The Labute approximate surface area is 79.8 Å². The molecule has 74 valence electrons. The molecular weight excluding hydrogens is 184 g/mol. The van der Waals surface area contributed by atoms with Crippen LogP contribution in [0.5, 0.6) is 0 Å². The Kier molecular flexibility index (Phi) is 2.23. The maximum Gasteiger partial charge on any atom is 0.221 e. The molecule has 2 aromatic rings. The summed E-state index contributed by atoms with van der Waals surface area (Å²) < 4.78 is 1.51. The summed E-state index contributed by atoms with van der Waals surface area (Å²) in [6.07, 6.45) is 2.81. The van der Waals surface area contributed by atoms with Gasteiger partial charge >= 0.3 is 0 Å². The van der Waals surface area contributed by atoms with Crippen LogP contribution in [0, 0.1) is 0 Å². The molecule has 0 saturated heterocycles. The van der Waals surface area contributed by atoms with Crippen LogP contribution in [0.15, 0.2) is 12.4 Å². The van der Waals surface area contributed by atoms with Crippen molar-refractivity contribution in [1.29, 1.82) is 0 Å². The number of fused-ring (bicyclic) bond motifs is 1. The van der Waals surface area contributed by atoms with Gasteiger partial charge in [0.05, 0.1) is 12.3 Å². The Bertz CT molecular complexity index is 425. The Morgan fingerprint density at radius 2 is 2.50 bits per heavy atom. The van der Waals surface area contributed by atoms with Gasteiger partial charge in [-0.2, -0.15) is 4.52 Å². The van der Waals surface area contributed by atoms with E-state index in [1.54, 1.807) is 19.3 Å². The van der Waals surface area contributed by atoms with Crippen molar-refractivity contribution in [1.82, 2.24) is 25.0 Å². The van der Waals surface area contributed by atoms with E-state index in [-0.39, 0.29) is 0 Å². The molecule has 0 aliphatic carbocycles. The summed E-state index contributed by atoms with van der Waals surface area (Å²) in [5.74, 6) is 0.568. The number of nitrogens with one attached hydrogen (secondary N) is 1. The lowest BCUT2D eigenvalue weighted by atomic mass is 10.4. The minimum atomic E-state index is -0.437. The van der Waals surface area contributed by atoms with Gasteiger partial charge in [0.2, 0.25) is 5.65 Å². The van der Waals surface area contributed by atoms with Crippen LogP contribution in [-0.4, -0.2) is 42.8 Å². The highest BCUT2D eigenvalue weighted by Gasteiger charge is 2.05. The van der Waals surface area contributed by atoms with Gasteiger partial charge in [-0.15, -0.1) is 5.10 Å². The van der Waals surface area contributed by atoms with E-state index in [0.717, 1.165) is 0 Å². The average Bonchev–Trinajstić information content (AvgIpc) is 2.62. The highest BCUT2D eigenvalue weighted by atomic mass is 16.3. The van der Waals surface area contributed by atoms with Crippen LogP contribution >= 0.6 is 0 Å². The van der Waals surface area contributed by atoms with Gasteiger partial charge in [0.1, 0.15) is 0 Å². The lowest BCUT2D eigenvalue weighted by Gasteiger charge is -2.06. The molecule has 7 nitrogen and oxygen atoms in total. The van der Waals surface area contributed by atoms with Crippen LogP contribution in [0.4, 0.5) is 5.82 Å². The molecule has 2 aromatic heterocycles. The molecule has 2 N–H and O–H groups in total. The maximum absolute atomic E-state index is 9.09. The first-order valence-electron chi connectivity index (χ1n) is 4.22. The largest absolute Gasteiger partial charge is 0.392 e. The van der Waals surface area contributed by atoms with E-state index in [4.69, 9.17) is 5.11 Å². The first kappa shape index (κ1) is 8.82. The van der Waals surface area contributed by atoms with Crippen molar-refractivity contribution in [2.75, 3.05) is 11.9 Å². The van der Waals surface area contributed by atoms with Crippen LogP contribution in [-0.2, 0) is 0 Å². The van der Waals surface area contributed by atoms with Crippen molar-refractivity contribution in [3.05, 3.63) is 12.4 Å². The Hall–Kier alpha value is -1.76. The zero-order chi connectivity index (χ0) is 9.97. The van der Waals surface area contributed by atoms with Crippen LogP contribution in [0.2, 0.25) is 0 Å². The molecule has 0 fully saturated rings. The predicted octanol–water partition coefficient (Wildman–Crippen LogP) is -0.688. The van der Waals surface area contributed by atoms with Gasteiger partial charge in [-0.1, -0.05) is 0 Å². The van der Waals surface area contributed by atoms with E-state index in [1.807, 2.05) is 0 Å². The van der Waals surface area contributed by atoms with Crippen molar-refractivity contribution in [3.63, 3.8) is 0 Å². The average molecular weight is 194 g/mol. The summed E-state index contributed by atoms with van der Waals surface area (Å²) in [6, 6.07) is 0. The van der Waals surface area contributed by atoms with E-state index in [0.29, 0.717) is 18.0 Å². The zero-order valence-corrected chi connectivity index (χ0v) is 7.62. The van der Waals surface area contributed by atoms with Crippen molar-refractivity contribution in [2.45, 2.75) is 13.0 Å². The third kappa shape index (κ3) is 1.62. The fourth-order valence-corrected chi connectivity index (χ4v) is 1.05.